The number of carboxylic acids is 1. The van der Waals surface area contributed by atoms with Crippen molar-refractivity contribution in [1.29, 1.82) is 0 Å². The predicted molar refractivity (Wildman–Crippen MR) is 65.0 cm³/mol. The number of fused-ring (bicyclic) bond motifs is 1. The smallest absolute Gasteiger partial charge is 0.303 e. The van der Waals surface area contributed by atoms with Gasteiger partial charge in [-0.2, -0.15) is 0 Å². The number of carbonyl (C=O) groups is 1. The van der Waals surface area contributed by atoms with Gasteiger partial charge in [-0.15, -0.1) is 0 Å². The first kappa shape index (κ1) is 12.8. The molecule has 5 nitrogen and oxygen atoms in total. The Morgan fingerprint density at radius 2 is 2.22 bits per heavy atom. The van der Waals surface area contributed by atoms with Crippen molar-refractivity contribution in [3.63, 3.8) is 0 Å². The van der Waals surface area contributed by atoms with Crippen LogP contribution >= 0.6 is 11.6 Å². The molecule has 0 bridgehead atoms. The minimum atomic E-state index is -0.872. The van der Waals surface area contributed by atoms with Crippen LogP contribution in [0.2, 0.25) is 5.02 Å². The van der Waals surface area contributed by atoms with Crippen molar-refractivity contribution in [1.82, 2.24) is 0 Å². The van der Waals surface area contributed by atoms with Crippen LogP contribution in [-0.2, 0) is 11.2 Å². The normalized spacial score (nSPS) is 13.2. The molecule has 0 aromatic heterocycles. The van der Waals surface area contributed by atoms with Crippen LogP contribution < -0.4 is 14.2 Å². The number of rotatable bonds is 4. The fraction of sp³-hybridized carbons (Fsp3) is 0.417. The molecule has 98 valence electrons. The van der Waals surface area contributed by atoms with Gasteiger partial charge in [0, 0.05) is 12.0 Å². The summed E-state index contributed by atoms with van der Waals surface area (Å²) < 4.78 is 16.1. The molecule has 0 atom stereocenters. The van der Waals surface area contributed by atoms with Gasteiger partial charge in [-0.25, -0.2) is 0 Å². The van der Waals surface area contributed by atoms with Gasteiger partial charge in [0.1, 0.15) is 24.0 Å². The summed E-state index contributed by atoms with van der Waals surface area (Å²) in [4.78, 5) is 10.6. The molecule has 6 heteroatoms. The molecule has 0 aliphatic carbocycles. The Morgan fingerprint density at radius 1 is 1.50 bits per heavy atom. The van der Waals surface area contributed by atoms with Crippen LogP contribution in [-0.4, -0.2) is 31.4 Å². The number of aryl methyl sites for hydroxylation is 1. The predicted octanol–water partition coefficient (Wildman–Crippen LogP) is 2.14. The monoisotopic (exact) mass is 272 g/mol. The molecule has 18 heavy (non-hydrogen) atoms. The SMILES string of the molecule is COc1c(CCC(=O)O)cc2c(c1Cl)OCCO2. The molecule has 1 aromatic rings. The summed E-state index contributed by atoms with van der Waals surface area (Å²) in [5.74, 6) is 0.566. The lowest BCUT2D eigenvalue weighted by molar-refractivity contribution is -0.136. The molecule has 1 aromatic carbocycles. The van der Waals surface area contributed by atoms with Crippen LogP contribution in [0.1, 0.15) is 12.0 Å². The van der Waals surface area contributed by atoms with Gasteiger partial charge in [0.05, 0.1) is 7.11 Å². The molecule has 0 spiro atoms. The van der Waals surface area contributed by atoms with E-state index >= 15 is 0 Å². The number of aliphatic carboxylic acids is 1. The van der Waals surface area contributed by atoms with Crippen molar-refractivity contribution >= 4 is 17.6 Å². The molecular formula is C12H13ClO5. The first-order valence-electron chi connectivity index (χ1n) is 5.50. The molecule has 0 unspecified atom stereocenters. The minimum Gasteiger partial charge on any atom is -0.495 e. The summed E-state index contributed by atoms with van der Waals surface area (Å²) in [7, 11) is 1.49. The molecule has 1 aliphatic heterocycles. The quantitative estimate of drug-likeness (QED) is 0.910. The largest absolute Gasteiger partial charge is 0.495 e. The Bertz CT molecular complexity index is 472. The molecule has 2 rings (SSSR count). The van der Waals surface area contributed by atoms with Gasteiger partial charge in [-0.1, -0.05) is 11.6 Å². The average molecular weight is 273 g/mol. The fourth-order valence-corrected chi connectivity index (χ4v) is 2.17. The molecule has 0 amide bonds. The molecule has 0 saturated heterocycles. The number of halogens is 1. The van der Waals surface area contributed by atoms with Crippen molar-refractivity contribution in [3.05, 3.63) is 16.7 Å². The second-order valence-corrected chi connectivity index (χ2v) is 4.18. The Hall–Kier alpha value is -1.62. The van der Waals surface area contributed by atoms with E-state index < -0.39 is 5.97 Å². The molecule has 1 aliphatic rings. The summed E-state index contributed by atoms with van der Waals surface area (Å²) in [6, 6.07) is 1.72. The van der Waals surface area contributed by atoms with Gasteiger partial charge in [0.25, 0.3) is 0 Å². The summed E-state index contributed by atoms with van der Waals surface area (Å²) in [6.07, 6.45) is 0.335. The second kappa shape index (κ2) is 5.35. The average Bonchev–Trinajstić information content (AvgIpc) is 2.36. The maximum atomic E-state index is 10.6. The number of ether oxygens (including phenoxy) is 3. The lowest BCUT2D eigenvalue weighted by Crippen LogP contribution is -2.16. The van der Waals surface area contributed by atoms with Crippen LogP contribution in [0.5, 0.6) is 17.2 Å². The van der Waals surface area contributed by atoms with E-state index in [1.54, 1.807) is 6.07 Å². The van der Waals surface area contributed by atoms with Gasteiger partial charge in [0.2, 0.25) is 0 Å². The highest BCUT2D eigenvalue weighted by molar-refractivity contribution is 6.34. The second-order valence-electron chi connectivity index (χ2n) is 3.80. The van der Waals surface area contributed by atoms with Crippen molar-refractivity contribution in [2.45, 2.75) is 12.8 Å². The van der Waals surface area contributed by atoms with Gasteiger partial charge in [-0.05, 0) is 12.5 Å². The number of hydrogen-bond donors (Lipinski definition) is 1. The summed E-state index contributed by atoms with van der Waals surface area (Å²) in [6.45, 7) is 0.887. The highest BCUT2D eigenvalue weighted by Crippen LogP contribution is 2.45. The third kappa shape index (κ3) is 2.46. The Morgan fingerprint density at radius 3 is 2.89 bits per heavy atom. The van der Waals surface area contributed by atoms with E-state index in [1.165, 1.54) is 7.11 Å². The molecular weight excluding hydrogens is 260 g/mol. The van der Waals surface area contributed by atoms with Crippen molar-refractivity contribution in [2.75, 3.05) is 20.3 Å². The van der Waals surface area contributed by atoms with E-state index in [4.69, 9.17) is 30.9 Å². The Balaban J connectivity index is 2.38. The highest BCUT2D eigenvalue weighted by atomic mass is 35.5. The zero-order chi connectivity index (χ0) is 13.1. The van der Waals surface area contributed by atoms with Gasteiger partial charge in [0.15, 0.2) is 11.5 Å². The van der Waals surface area contributed by atoms with Crippen LogP contribution in [0.3, 0.4) is 0 Å². The first-order valence-corrected chi connectivity index (χ1v) is 5.88. The van der Waals surface area contributed by atoms with Crippen LogP contribution in [0.15, 0.2) is 6.07 Å². The number of carboxylic acid groups (broad SMARTS) is 1. The Kier molecular flexibility index (Phi) is 3.81. The van der Waals surface area contributed by atoms with Gasteiger partial charge >= 0.3 is 5.97 Å². The fourth-order valence-electron chi connectivity index (χ4n) is 1.83. The summed E-state index contributed by atoms with van der Waals surface area (Å²) in [5, 5.41) is 9.05. The standard InChI is InChI=1S/C12H13ClO5/c1-16-11-7(2-3-9(14)15)6-8-12(10(11)13)18-5-4-17-8/h6H,2-5H2,1H3,(H,14,15). The molecule has 1 N–H and O–H groups in total. The number of benzene rings is 1. The Labute approximate surface area is 109 Å². The number of hydrogen-bond acceptors (Lipinski definition) is 4. The zero-order valence-electron chi connectivity index (χ0n) is 9.86. The van der Waals surface area contributed by atoms with Gasteiger partial charge in [-0.3, -0.25) is 4.79 Å². The zero-order valence-corrected chi connectivity index (χ0v) is 10.6. The third-order valence-corrected chi connectivity index (χ3v) is 2.96. The van der Waals surface area contributed by atoms with E-state index in [0.29, 0.717) is 47.5 Å². The van der Waals surface area contributed by atoms with E-state index in [1.807, 2.05) is 0 Å². The van der Waals surface area contributed by atoms with E-state index in [9.17, 15) is 4.79 Å². The van der Waals surface area contributed by atoms with Gasteiger partial charge < -0.3 is 19.3 Å². The number of methoxy groups -OCH3 is 1. The maximum Gasteiger partial charge on any atom is 0.303 e. The van der Waals surface area contributed by atoms with E-state index in [-0.39, 0.29) is 6.42 Å². The van der Waals surface area contributed by atoms with Crippen LogP contribution in [0, 0.1) is 0 Å². The van der Waals surface area contributed by atoms with Crippen LogP contribution in [0.4, 0.5) is 0 Å². The lowest BCUT2D eigenvalue weighted by atomic mass is 10.1. The van der Waals surface area contributed by atoms with Crippen molar-refractivity contribution < 1.29 is 24.1 Å². The van der Waals surface area contributed by atoms with Crippen LogP contribution in [0.25, 0.3) is 0 Å². The molecule has 1 heterocycles. The van der Waals surface area contributed by atoms with Crippen molar-refractivity contribution in [3.8, 4) is 17.2 Å². The molecule has 0 radical (unpaired) electrons. The summed E-state index contributed by atoms with van der Waals surface area (Å²) >= 11 is 6.17. The minimum absolute atomic E-state index is 0.00628. The van der Waals surface area contributed by atoms with Crippen molar-refractivity contribution in [2.24, 2.45) is 0 Å². The highest BCUT2D eigenvalue weighted by Gasteiger charge is 2.22. The van der Waals surface area contributed by atoms with E-state index in [0.717, 1.165) is 0 Å². The molecule has 0 fully saturated rings. The topological polar surface area (TPSA) is 65.0 Å². The first-order chi connectivity index (χ1) is 8.63. The third-order valence-electron chi connectivity index (χ3n) is 2.62. The van der Waals surface area contributed by atoms with E-state index in [2.05, 4.69) is 0 Å². The molecule has 0 saturated carbocycles. The lowest BCUT2D eigenvalue weighted by Gasteiger charge is -2.22. The maximum absolute atomic E-state index is 10.6. The summed E-state index contributed by atoms with van der Waals surface area (Å²) in [5.41, 5.74) is 0.703.